The predicted molar refractivity (Wildman–Crippen MR) is 160 cm³/mol. The number of amides is 3. The minimum atomic E-state index is -0.448. The number of rotatable bonds is 7. The van der Waals surface area contributed by atoms with Crippen LogP contribution < -0.4 is 19.5 Å². The van der Waals surface area contributed by atoms with E-state index in [-0.39, 0.29) is 36.8 Å². The molecule has 0 spiro atoms. The Kier molecular flexibility index (Phi) is 9.76. The van der Waals surface area contributed by atoms with E-state index in [0.29, 0.717) is 68.4 Å². The molecule has 2 atom stereocenters. The van der Waals surface area contributed by atoms with Crippen LogP contribution in [0.1, 0.15) is 40.7 Å². The second kappa shape index (κ2) is 14.0. The summed E-state index contributed by atoms with van der Waals surface area (Å²) in [5.41, 5.74) is 2.40. The molecule has 226 valence electrons. The number of nitrogens with zero attached hydrogens (tertiary/aromatic N) is 3. The minimum absolute atomic E-state index is 0.00121. The molecule has 2 aliphatic heterocycles. The molecule has 5 rings (SSSR count). The van der Waals surface area contributed by atoms with Gasteiger partial charge in [0.25, 0.3) is 5.91 Å². The van der Waals surface area contributed by atoms with Crippen LogP contribution in [0.5, 0.6) is 17.2 Å². The average Bonchev–Trinajstić information content (AvgIpc) is 3.49. The first-order valence-electron chi connectivity index (χ1n) is 14.7. The third kappa shape index (κ3) is 7.25. The summed E-state index contributed by atoms with van der Waals surface area (Å²) in [4.78, 5) is 47.9. The number of methoxy groups -OCH3 is 1. The lowest BCUT2D eigenvalue weighted by molar-refractivity contribution is -0.130. The summed E-state index contributed by atoms with van der Waals surface area (Å²) < 4.78 is 17.3. The van der Waals surface area contributed by atoms with Gasteiger partial charge in [0.2, 0.25) is 11.8 Å². The maximum atomic E-state index is 13.6. The highest BCUT2D eigenvalue weighted by Crippen LogP contribution is 2.38. The number of ether oxygens (including phenoxy) is 3. The fraction of sp³-hybridized carbons (Fsp3) is 0.394. The maximum absolute atomic E-state index is 13.6. The number of hydrogen-bond acceptors (Lipinski definition) is 7. The van der Waals surface area contributed by atoms with Crippen molar-refractivity contribution >= 4 is 17.7 Å². The quantitative estimate of drug-likeness (QED) is 0.452. The number of aromatic nitrogens is 1. The van der Waals surface area contributed by atoms with E-state index in [1.807, 2.05) is 43.3 Å². The van der Waals surface area contributed by atoms with Crippen LogP contribution in [0.25, 0.3) is 0 Å². The first kappa shape index (κ1) is 29.9. The second-order valence-corrected chi connectivity index (χ2v) is 10.7. The topological polar surface area (TPSA) is 110 Å². The van der Waals surface area contributed by atoms with E-state index in [9.17, 15) is 14.4 Å². The third-order valence-corrected chi connectivity index (χ3v) is 7.95. The van der Waals surface area contributed by atoms with Crippen LogP contribution in [0.3, 0.4) is 0 Å². The molecule has 0 saturated carbocycles. The molecule has 43 heavy (non-hydrogen) atoms. The molecule has 2 bridgehead atoms. The van der Waals surface area contributed by atoms with Crippen molar-refractivity contribution in [2.45, 2.75) is 25.7 Å². The summed E-state index contributed by atoms with van der Waals surface area (Å²) in [5.74, 6) is 0.731. The van der Waals surface area contributed by atoms with Crippen molar-refractivity contribution in [3.8, 4) is 17.2 Å². The van der Waals surface area contributed by atoms with Crippen LogP contribution in [0.2, 0.25) is 0 Å². The number of pyridine rings is 1. The van der Waals surface area contributed by atoms with Crippen molar-refractivity contribution in [3.05, 3.63) is 83.7 Å². The molecule has 3 heterocycles. The summed E-state index contributed by atoms with van der Waals surface area (Å²) in [6.07, 6.45) is 4.40. The van der Waals surface area contributed by atoms with E-state index >= 15 is 0 Å². The Morgan fingerprint density at radius 3 is 2.70 bits per heavy atom. The van der Waals surface area contributed by atoms with Crippen molar-refractivity contribution in [1.29, 1.82) is 0 Å². The van der Waals surface area contributed by atoms with E-state index in [1.165, 1.54) is 0 Å². The molecular weight excluding hydrogens is 548 g/mol. The van der Waals surface area contributed by atoms with Gasteiger partial charge in [-0.25, -0.2) is 0 Å². The van der Waals surface area contributed by atoms with E-state index in [2.05, 4.69) is 10.3 Å². The number of carbonyl (C=O) groups excluding carboxylic acids is 3. The Bertz CT molecular complexity index is 1430. The van der Waals surface area contributed by atoms with Crippen LogP contribution in [-0.2, 0) is 16.0 Å². The zero-order chi connectivity index (χ0) is 30.2. The molecule has 2 aromatic carbocycles. The minimum Gasteiger partial charge on any atom is -0.494 e. The summed E-state index contributed by atoms with van der Waals surface area (Å²) in [6.45, 7) is 4.25. The first-order chi connectivity index (χ1) is 21.0. The molecule has 1 fully saturated rings. The molecule has 3 aromatic rings. The van der Waals surface area contributed by atoms with Crippen molar-refractivity contribution in [2.75, 3.05) is 53.0 Å². The molecule has 1 N–H and O–H groups in total. The van der Waals surface area contributed by atoms with E-state index in [4.69, 9.17) is 14.2 Å². The number of hydrogen-bond donors (Lipinski definition) is 1. The van der Waals surface area contributed by atoms with Crippen LogP contribution in [-0.4, -0.2) is 85.6 Å². The Morgan fingerprint density at radius 1 is 1.05 bits per heavy atom. The molecule has 0 radical (unpaired) electrons. The van der Waals surface area contributed by atoms with Gasteiger partial charge in [0.05, 0.1) is 26.2 Å². The van der Waals surface area contributed by atoms with E-state index in [0.717, 1.165) is 11.1 Å². The highest BCUT2D eigenvalue weighted by molar-refractivity contribution is 5.94. The largest absolute Gasteiger partial charge is 0.494 e. The highest BCUT2D eigenvalue weighted by Gasteiger charge is 2.40. The van der Waals surface area contributed by atoms with Gasteiger partial charge in [-0.2, -0.15) is 0 Å². The lowest BCUT2D eigenvalue weighted by Crippen LogP contribution is -2.42. The fourth-order valence-electron chi connectivity index (χ4n) is 5.70. The number of nitrogens with one attached hydrogen (secondary N) is 1. The lowest BCUT2D eigenvalue weighted by Gasteiger charge is -2.24. The van der Waals surface area contributed by atoms with Crippen LogP contribution in [0.4, 0.5) is 0 Å². The van der Waals surface area contributed by atoms with Crippen LogP contribution in [0, 0.1) is 5.92 Å². The fourth-order valence-corrected chi connectivity index (χ4v) is 5.70. The summed E-state index contributed by atoms with van der Waals surface area (Å²) in [5, 5.41) is 3.04. The average molecular weight is 587 g/mol. The Hall–Kier alpha value is -4.60. The van der Waals surface area contributed by atoms with Gasteiger partial charge in [-0.15, -0.1) is 0 Å². The Balaban J connectivity index is 1.35. The summed E-state index contributed by atoms with van der Waals surface area (Å²) in [7, 11) is 1.58. The molecule has 3 amide bonds. The lowest BCUT2D eigenvalue weighted by atomic mass is 9.88. The molecule has 10 nitrogen and oxygen atoms in total. The Morgan fingerprint density at radius 2 is 1.91 bits per heavy atom. The molecular formula is C33H38N4O6. The molecule has 1 saturated heterocycles. The van der Waals surface area contributed by atoms with Gasteiger partial charge in [0, 0.05) is 56.5 Å². The molecule has 1 aromatic heterocycles. The van der Waals surface area contributed by atoms with Crippen molar-refractivity contribution in [2.24, 2.45) is 5.92 Å². The van der Waals surface area contributed by atoms with E-state index < -0.39 is 5.92 Å². The summed E-state index contributed by atoms with van der Waals surface area (Å²) >= 11 is 0. The molecule has 10 heteroatoms. The van der Waals surface area contributed by atoms with Crippen molar-refractivity contribution < 1.29 is 28.6 Å². The molecule has 0 aliphatic carbocycles. The van der Waals surface area contributed by atoms with Crippen molar-refractivity contribution in [1.82, 2.24) is 20.1 Å². The van der Waals surface area contributed by atoms with Gasteiger partial charge < -0.3 is 29.3 Å². The number of likely N-dealkylation sites (tertiary alicyclic amines) is 1. The smallest absolute Gasteiger partial charge is 0.254 e. The van der Waals surface area contributed by atoms with Crippen molar-refractivity contribution in [3.63, 3.8) is 0 Å². The monoisotopic (exact) mass is 586 g/mol. The van der Waals surface area contributed by atoms with Gasteiger partial charge in [-0.3, -0.25) is 19.4 Å². The number of fused-ring (bicyclic) bond motifs is 4. The number of benzene rings is 2. The van der Waals surface area contributed by atoms with Crippen LogP contribution >= 0.6 is 0 Å². The van der Waals surface area contributed by atoms with Gasteiger partial charge in [0.1, 0.15) is 12.4 Å². The number of carbonyl (C=O) groups is 3. The Labute approximate surface area is 251 Å². The van der Waals surface area contributed by atoms with Gasteiger partial charge in [-0.1, -0.05) is 18.2 Å². The van der Waals surface area contributed by atoms with Gasteiger partial charge >= 0.3 is 0 Å². The number of aryl methyl sites for hydroxylation is 1. The first-order valence-corrected chi connectivity index (χ1v) is 14.7. The highest BCUT2D eigenvalue weighted by atomic mass is 16.5. The molecule has 2 aliphatic rings. The van der Waals surface area contributed by atoms with Crippen LogP contribution in [0.15, 0.2) is 67.0 Å². The maximum Gasteiger partial charge on any atom is 0.254 e. The second-order valence-electron chi connectivity index (χ2n) is 10.7. The zero-order valence-electron chi connectivity index (χ0n) is 24.7. The zero-order valence-corrected chi connectivity index (χ0v) is 24.7. The predicted octanol–water partition coefficient (Wildman–Crippen LogP) is 3.31. The third-order valence-electron chi connectivity index (χ3n) is 7.95. The van der Waals surface area contributed by atoms with Gasteiger partial charge in [0.15, 0.2) is 11.5 Å². The summed E-state index contributed by atoms with van der Waals surface area (Å²) in [6, 6.07) is 16.5. The van der Waals surface area contributed by atoms with E-state index in [1.54, 1.807) is 47.5 Å². The van der Waals surface area contributed by atoms with Gasteiger partial charge in [-0.05, 0) is 60.9 Å². The standard InChI is InChI=1S/C33H38N4O6/c1-3-42-26-8-4-7-25(18-26)33(40)36-15-14-35-32(39)28-22-37(31(38)12-9-23-6-5-13-34-20-23)21-27(28)24-10-11-29(41-2)30(19-24)43-17-16-36/h4-8,10-11,13,18-20,27-28H,3,9,12,14-17,21-22H2,1-2H3,(H,35,39)/t27-,28+/m1/s1. The molecule has 0 unspecified atom stereocenters. The SMILES string of the molecule is CCOc1cccc(C(=O)N2CCNC(=O)[C@H]3CN(C(=O)CCc4cccnc4)C[C@@H]3c3ccc(OC)c(c3)OCC2)c1. The normalized spacial score (nSPS) is 18.7.